The molecule has 29 heavy (non-hydrogen) atoms. The molecule has 0 amide bonds. The van der Waals surface area contributed by atoms with Crippen LogP contribution in [-0.2, 0) is 13.0 Å². The fourth-order valence-corrected chi connectivity index (χ4v) is 2.79. The summed E-state index contributed by atoms with van der Waals surface area (Å²) in [6.45, 7) is 3.94. The van der Waals surface area contributed by atoms with Gasteiger partial charge < -0.3 is 24.8 Å². The predicted octanol–water partition coefficient (Wildman–Crippen LogP) is 3.68. The maximum absolute atomic E-state index is 5.82. The zero-order valence-corrected chi connectivity index (χ0v) is 20.2. The molecule has 0 aliphatic heterocycles. The average Bonchev–Trinajstić information content (AvgIpc) is 2.72. The minimum Gasteiger partial charge on any atom is -0.493 e. The van der Waals surface area contributed by atoms with Gasteiger partial charge >= 0.3 is 0 Å². The number of benzene rings is 1. The molecule has 0 fully saturated rings. The monoisotopic (exact) mass is 534 g/mol. The van der Waals surface area contributed by atoms with E-state index >= 15 is 0 Å². The lowest BCUT2D eigenvalue weighted by molar-refractivity contribution is 0.322. The Kier molecular flexibility index (Phi) is 11.5. The molecule has 0 bridgehead atoms. The molecule has 1 aromatic carbocycles. The van der Waals surface area contributed by atoms with Crippen molar-refractivity contribution in [3.63, 3.8) is 0 Å². The number of ether oxygens (including phenoxy) is 3. The van der Waals surface area contributed by atoms with Gasteiger partial charge in [-0.2, -0.15) is 0 Å². The van der Waals surface area contributed by atoms with Crippen LogP contribution in [0.4, 0.5) is 0 Å². The van der Waals surface area contributed by atoms with Gasteiger partial charge in [-0.3, -0.25) is 0 Å². The van der Waals surface area contributed by atoms with Crippen LogP contribution in [0, 0.1) is 0 Å². The van der Waals surface area contributed by atoms with E-state index in [2.05, 4.69) is 20.6 Å². The lowest BCUT2D eigenvalue weighted by atomic mass is 10.1. The van der Waals surface area contributed by atoms with E-state index in [1.165, 1.54) is 0 Å². The molecule has 0 spiro atoms. The number of nitrogens with zero attached hydrogens (tertiary/aromatic N) is 2. The highest BCUT2D eigenvalue weighted by Crippen LogP contribution is 2.39. The summed E-state index contributed by atoms with van der Waals surface area (Å²) in [6.07, 6.45) is 2.59. The molecule has 2 N–H and O–H groups in total. The molecule has 9 heteroatoms. The number of halogens is 2. The molecule has 1 heterocycles. The van der Waals surface area contributed by atoms with Gasteiger partial charge in [-0.15, -0.1) is 24.0 Å². The van der Waals surface area contributed by atoms with Gasteiger partial charge in [-0.05, 0) is 37.1 Å². The first-order chi connectivity index (χ1) is 13.6. The Morgan fingerprint density at radius 1 is 1.03 bits per heavy atom. The molecule has 0 unspecified atom stereocenters. The summed E-state index contributed by atoms with van der Waals surface area (Å²) in [4.78, 5) is 8.74. The lowest BCUT2D eigenvalue weighted by Crippen LogP contribution is -2.38. The minimum atomic E-state index is 0. The normalized spacial score (nSPS) is 10.7. The summed E-state index contributed by atoms with van der Waals surface area (Å²) < 4.78 is 16.3. The van der Waals surface area contributed by atoms with Crippen LogP contribution in [0.2, 0.25) is 5.15 Å². The van der Waals surface area contributed by atoms with E-state index in [1.807, 2.05) is 25.1 Å². The highest BCUT2D eigenvalue weighted by Gasteiger charge is 2.15. The third-order valence-corrected chi connectivity index (χ3v) is 4.26. The van der Waals surface area contributed by atoms with Crippen molar-refractivity contribution in [2.45, 2.75) is 19.9 Å². The number of aliphatic imine (C=N–C) groups is 1. The van der Waals surface area contributed by atoms with Crippen LogP contribution in [0.15, 0.2) is 35.5 Å². The molecule has 160 valence electrons. The summed E-state index contributed by atoms with van der Waals surface area (Å²) in [5.74, 6) is 2.52. The number of hydrogen-bond acceptors (Lipinski definition) is 5. The van der Waals surface area contributed by atoms with Crippen molar-refractivity contribution in [1.29, 1.82) is 0 Å². The Hall–Kier alpha value is -1.94. The smallest absolute Gasteiger partial charge is 0.203 e. The van der Waals surface area contributed by atoms with Crippen molar-refractivity contribution in [1.82, 2.24) is 15.6 Å². The van der Waals surface area contributed by atoms with Crippen LogP contribution in [0.5, 0.6) is 17.2 Å². The van der Waals surface area contributed by atoms with Gasteiger partial charge in [0.2, 0.25) is 5.75 Å². The summed E-state index contributed by atoms with van der Waals surface area (Å²) in [5, 5.41) is 7.06. The van der Waals surface area contributed by atoms with Crippen LogP contribution in [0.3, 0.4) is 0 Å². The molecule has 0 radical (unpaired) electrons. The molecule has 2 aromatic rings. The van der Waals surface area contributed by atoms with Crippen molar-refractivity contribution in [2.24, 2.45) is 4.99 Å². The molecular weight excluding hydrogens is 507 g/mol. The summed E-state index contributed by atoms with van der Waals surface area (Å²) in [6, 6.07) is 7.53. The molecule has 0 saturated heterocycles. The van der Waals surface area contributed by atoms with Gasteiger partial charge in [0, 0.05) is 24.8 Å². The van der Waals surface area contributed by atoms with Crippen molar-refractivity contribution < 1.29 is 14.2 Å². The Labute approximate surface area is 194 Å². The van der Waals surface area contributed by atoms with Crippen LogP contribution in [0.25, 0.3) is 0 Å². The zero-order chi connectivity index (χ0) is 20.4. The first-order valence-electron chi connectivity index (χ1n) is 9.03. The summed E-state index contributed by atoms with van der Waals surface area (Å²) in [7, 11) is 4.79. The molecule has 7 nitrogen and oxygen atoms in total. The molecule has 0 saturated carbocycles. The number of guanidine groups is 1. The van der Waals surface area contributed by atoms with Crippen LogP contribution < -0.4 is 24.8 Å². The fourth-order valence-electron chi connectivity index (χ4n) is 2.67. The van der Waals surface area contributed by atoms with Crippen molar-refractivity contribution in [3.8, 4) is 17.2 Å². The van der Waals surface area contributed by atoms with Gasteiger partial charge in [0.1, 0.15) is 5.15 Å². The van der Waals surface area contributed by atoms with E-state index < -0.39 is 0 Å². The summed E-state index contributed by atoms with van der Waals surface area (Å²) in [5.41, 5.74) is 2.01. The number of hydrogen-bond donors (Lipinski definition) is 2. The van der Waals surface area contributed by atoms with Gasteiger partial charge in [0.05, 0.1) is 27.9 Å². The third kappa shape index (κ3) is 7.43. The molecule has 0 atom stereocenters. The van der Waals surface area contributed by atoms with Crippen molar-refractivity contribution in [3.05, 3.63) is 46.7 Å². The van der Waals surface area contributed by atoms with Gasteiger partial charge in [-0.25, -0.2) is 9.98 Å². The van der Waals surface area contributed by atoms with E-state index in [1.54, 1.807) is 33.6 Å². The Morgan fingerprint density at radius 2 is 1.79 bits per heavy atom. The number of methoxy groups -OCH3 is 3. The number of pyridine rings is 1. The fraction of sp³-hybridized carbons (Fsp3) is 0.400. The van der Waals surface area contributed by atoms with Crippen LogP contribution in [0.1, 0.15) is 18.1 Å². The topological polar surface area (TPSA) is 77.0 Å². The maximum Gasteiger partial charge on any atom is 0.203 e. The molecule has 2 rings (SSSR count). The number of nitrogens with one attached hydrogen (secondary N) is 2. The molecule has 0 aliphatic rings. The lowest BCUT2D eigenvalue weighted by Gasteiger charge is -2.15. The van der Waals surface area contributed by atoms with Gasteiger partial charge in [-0.1, -0.05) is 17.7 Å². The van der Waals surface area contributed by atoms with E-state index in [0.29, 0.717) is 28.9 Å². The first-order valence-corrected chi connectivity index (χ1v) is 9.41. The number of rotatable bonds is 9. The van der Waals surface area contributed by atoms with Crippen LogP contribution in [-0.4, -0.2) is 45.4 Å². The highest BCUT2D eigenvalue weighted by molar-refractivity contribution is 14.0. The Balaban J connectivity index is 0.00000420. The van der Waals surface area contributed by atoms with Gasteiger partial charge in [0.25, 0.3) is 0 Å². The van der Waals surface area contributed by atoms with Crippen molar-refractivity contribution >= 4 is 41.5 Å². The average molecular weight is 535 g/mol. The largest absolute Gasteiger partial charge is 0.493 e. The quantitative estimate of drug-likeness (QED) is 0.221. The standard InChI is InChI=1S/C20H27ClN4O3.HI/c1-5-22-20(23-11-10-14-6-9-17(21)24-12-14)25-13-15-7-8-16(26-2)19(28-4)18(15)27-3;/h6-9,12H,5,10-11,13H2,1-4H3,(H2,22,23,25);1H. The molecule has 1 aromatic heterocycles. The Morgan fingerprint density at radius 3 is 2.38 bits per heavy atom. The predicted molar refractivity (Wildman–Crippen MR) is 127 cm³/mol. The third-order valence-electron chi connectivity index (χ3n) is 4.03. The van der Waals surface area contributed by atoms with Crippen LogP contribution >= 0.6 is 35.6 Å². The second-order valence-electron chi connectivity index (χ2n) is 5.85. The second-order valence-corrected chi connectivity index (χ2v) is 6.24. The first kappa shape index (κ1) is 25.1. The highest BCUT2D eigenvalue weighted by atomic mass is 127. The van der Waals surface area contributed by atoms with Crippen molar-refractivity contribution in [2.75, 3.05) is 34.4 Å². The summed E-state index contributed by atoms with van der Waals surface area (Å²) >= 11 is 5.82. The zero-order valence-electron chi connectivity index (χ0n) is 17.1. The Bertz CT molecular complexity index is 788. The van der Waals surface area contributed by atoms with E-state index in [-0.39, 0.29) is 24.0 Å². The van der Waals surface area contributed by atoms with E-state index in [0.717, 1.165) is 36.6 Å². The molecular formula is C20H28ClIN4O3. The van der Waals surface area contributed by atoms with E-state index in [4.69, 9.17) is 25.8 Å². The minimum absolute atomic E-state index is 0. The van der Waals surface area contributed by atoms with Gasteiger partial charge in [0.15, 0.2) is 17.5 Å². The van der Waals surface area contributed by atoms with E-state index in [9.17, 15) is 0 Å². The maximum atomic E-state index is 5.82. The SMILES string of the molecule is CCNC(=NCc1ccc(OC)c(OC)c1OC)NCCc1ccc(Cl)nc1.I. The second kappa shape index (κ2) is 13.3. The molecule has 0 aliphatic carbocycles. The number of aromatic nitrogens is 1.